The van der Waals surface area contributed by atoms with Crippen LogP contribution in [0.4, 0.5) is 0 Å². The maximum absolute atomic E-state index is 12.8. The lowest BCUT2D eigenvalue weighted by atomic mass is 10.1. The second kappa shape index (κ2) is 12.8. The molecule has 0 aliphatic rings. The molecule has 38 heavy (non-hydrogen) atoms. The number of amides is 1. The quantitative estimate of drug-likeness (QED) is 0.0852. The molecule has 0 aliphatic carbocycles. The number of aryl methyl sites for hydroxylation is 1. The van der Waals surface area contributed by atoms with Gasteiger partial charge >= 0.3 is 18.2 Å². The van der Waals surface area contributed by atoms with Crippen LogP contribution in [0.5, 0.6) is 17.2 Å². The summed E-state index contributed by atoms with van der Waals surface area (Å²) >= 11 is 11.9. The summed E-state index contributed by atoms with van der Waals surface area (Å²) in [6, 6.07) is 26.7. The van der Waals surface area contributed by atoms with Gasteiger partial charge in [0.05, 0.1) is 11.8 Å². The van der Waals surface area contributed by atoms with Crippen molar-refractivity contribution in [2.75, 3.05) is 0 Å². The van der Waals surface area contributed by atoms with Crippen LogP contribution in [0.25, 0.3) is 0 Å². The number of nitrogens with zero attached hydrogens (tertiary/aromatic N) is 1. The molecule has 0 saturated heterocycles. The molecule has 192 valence electrons. The SMILES string of the molecule is Cc1ccc(C(=O)Oc2ccc(C=NNC(=O)C(Oc3ccc(Cl)cc3)Oc3ccc(Cl)cc3)cc2)cc1. The highest BCUT2D eigenvalue weighted by molar-refractivity contribution is 6.30. The zero-order valence-corrected chi connectivity index (χ0v) is 21.6. The number of carbonyl (C=O) groups is 2. The van der Waals surface area contributed by atoms with Crippen molar-refractivity contribution in [2.45, 2.75) is 13.2 Å². The lowest BCUT2D eigenvalue weighted by Crippen LogP contribution is -2.40. The molecule has 4 aromatic rings. The van der Waals surface area contributed by atoms with Gasteiger partial charge in [-0.3, -0.25) is 4.79 Å². The molecule has 7 nitrogen and oxygen atoms in total. The van der Waals surface area contributed by atoms with Crippen LogP contribution in [0.3, 0.4) is 0 Å². The van der Waals surface area contributed by atoms with E-state index >= 15 is 0 Å². The van der Waals surface area contributed by atoms with E-state index in [1.165, 1.54) is 6.21 Å². The van der Waals surface area contributed by atoms with Crippen molar-refractivity contribution in [3.05, 3.63) is 124 Å². The second-order valence-electron chi connectivity index (χ2n) is 8.03. The van der Waals surface area contributed by atoms with Crippen molar-refractivity contribution in [3.8, 4) is 17.2 Å². The minimum atomic E-state index is -1.35. The van der Waals surface area contributed by atoms with Gasteiger partial charge in [-0.15, -0.1) is 0 Å². The summed E-state index contributed by atoms with van der Waals surface area (Å²) in [5.74, 6) is 0.0389. The molecule has 0 heterocycles. The minimum Gasteiger partial charge on any atom is -0.446 e. The highest BCUT2D eigenvalue weighted by Gasteiger charge is 2.22. The normalized spacial score (nSPS) is 10.8. The largest absolute Gasteiger partial charge is 0.446 e. The molecule has 4 rings (SSSR count). The first-order chi connectivity index (χ1) is 18.4. The monoisotopic (exact) mass is 548 g/mol. The van der Waals surface area contributed by atoms with Gasteiger partial charge < -0.3 is 14.2 Å². The van der Waals surface area contributed by atoms with E-state index < -0.39 is 18.2 Å². The van der Waals surface area contributed by atoms with Crippen LogP contribution >= 0.6 is 23.2 Å². The molecule has 0 radical (unpaired) electrons. The second-order valence-corrected chi connectivity index (χ2v) is 8.91. The zero-order chi connectivity index (χ0) is 26.9. The minimum absolute atomic E-state index is 0.378. The van der Waals surface area contributed by atoms with Gasteiger partial charge in [-0.25, -0.2) is 10.2 Å². The third-order valence-corrected chi connectivity index (χ3v) is 5.60. The van der Waals surface area contributed by atoms with Crippen molar-refractivity contribution in [2.24, 2.45) is 5.10 Å². The van der Waals surface area contributed by atoms with Gasteiger partial charge in [0, 0.05) is 10.0 Å². The van der Waals surface area contributed by atoms with Crippen LogP contribution in [0, 0.1) is 6.92 Å². The number of ether oxygens (including phenoxy) is 3. The Morgan fingerprint density at radius 2 is 1.24 bits per heavy atom. The first kappa shape index (κ1) is 26.7. The van der Waals surface area contributed by atoms with Crippen LogP contribution in [0.15, 0.2) is 102 Å². The molecule has 1 amide bonds. The molecule has 0 aliphatic heterocycles. The first-order valence-corrected chi connectivity index (χ1v) is 12.2. The van der Waals surface area contributed by atoms with Crippen LogP contribution in [-0.2, 0) is 4.79 Å². The first-order valence-electron chi connectivity index (χ1n) is 11.4. The average Bonchev–Trinajstić information content (AvgIpc) is 2.92. The van der Waals surface area contributed by atoms with Crippen molar-refractivity contribution in [3.63, 3.8) is 0 Å². The predicted octanol–water partition coefficient (Wildman–Crippen LogP) is 6.46. The van der Waals surface area contributed by atoms with Gasteiger partial charge in [-0.1, -0.05) is 40.9 Å². The lowest BCUT2D eigenvalue weighted by molar-refractivity contribution is -0.140. The number of hydrazone groups is 1. The zero-order valence-electron chi connectivity index (χ0n) is 20.1. The number of esters is 1. The van der Waals surface area contributed by atoms with Crippen LogP contribution < -0.4 is 19.6 Å². The fourth-order valence-corrected chi connectivity index (χ4v) is 3.36. The van der Waals surface area contributed by atoms with Gasteiger partial charge in [0.2, 0.25) is 0 Å². The number of halogens is 2. The molecule has 0 saturated carbocycles. The van der Waals surface area contributed by atoms with E-state index in [4.69, 9.17) is 37.4 Å². The molecule has 4 aromatic carbocycles. The molecule has 0 bridgehead atoms. The standard InChI is InChI=1S/C29H22Cl2N2O5/c1-19-2-6-21(7-3-19)28(35)36-24-12-4-20(5-13-24)18-32-33-27(34)29(37-25-14-8-22(30)9-15-25)38-26-16-10-23(31)11-17-26/h2-18,29H,1H3,(H,33,34). The van der Waals surface area contributed by atoms with Gasteiger partial charge in [0.25, 0.3) is 0 Å². The van der Waals surface area contributed by atoms with Crippen LogP contribution in [0.1, 0.15) is 21.5 Å². The number of carbonyl (C=O) groups excluding carboxylic acids is 2. The van der Waals surface area contributed by atoms with E-state index in [0.29, 0.717) is 38.4 Å². The van der Waals surface area contributed by atoms with E-state index in [0.717, 1.165) is 5.56 Å². The topological polar surface area (TPSA) is 86.2 Å². The van der Waals surface area contributed by atoms with E-state index in [1.54, 1.807) is 84.9 Å². The smallest absolute Gasteiger partial charge is 0.343 e. The molecule has 9 heteroatoms. The van der Waals surface area contributed by atoms with Crippen molar-refractivity contribution in [1.29, 1.82) is 0 Å². The highest BCUT2D eigenvalue weighted by Crippen LogP contribution is 2.21. The predicted molar refractivity (Wildman–Crippen MR) is 146 cm³/mol. The van der Waals surface area contributed by atoms with Gasteiger partial charge in [-0.05, 0) is 97.4 Å². The van der Waals surface area contributed by atoms with Crippen molar-refractivity contribution < 1.29 is 23.8 Å². The van der Waals surface area contributed by atoms with Crippen molar-refractivity contribution in [1.82, 2.24) is 5.43 Å². The van der Waals surface area contributed by atoms with Crippen molar-refractivity contribution >= 4 is 41.3 Å². The summed E-state index contributed by atoms with van der Waals surface area (Å²) in [4.78, 5) is 25.1. The fraction of sp³-hybridized carbons (Fsp3) is 0.0690. The molecule has 1 N–H and O–H groups in total. The Hall–Kier alpha value is -4.33. The number of rotatable bonds is 9. The maximum Gasteiger partial charge on any atom is 0.343 e. The third-order valence-electron chi connectivity index (χ3n) is 5.09. The highest BCUT2D eigenvalue weighted by atomic mass is 35.5. The average molecular weight is 549 g/mol. The summed E-state index contributed by atoms with van der Waals surface area (Å²) in [6.45, 7) is 1.94. The Morgan fingerprint density at radius 3 is 1.76 bits per heavy atom. The molecule has 0 aromatic heterocycles. The Labute approximate surface area is 229 Å². The Balaban J connectivity index is 1.37. The van der Waals surface area contributed by atoms with Gasteiger partial charge in [0.1, 0.15) is 17.2 Å². The third kappa shape index (κ3) is 7.83. The molecule has 0 atom stereocenters. The van der Waals surface area contributed by atoms with E-state index in [1.807, 2.05) is 19.1 Å². The molecule has 0 unspecified atom stereocenters. The maximum atomic E-state index is 12.8. The molecular formula is C29H22Cl2N2O5. The summed E-state index contributed by atoms with van der Waals surface area (Å²) < 4.78 is 16.8. The molecular weight excluding hydrogens is 527 g/mol. The summed E-state index contributed by atoms with van der Waals surface area (Å²) in [5, 5.41) is 5.04. The number of hydrogen-bond acceptors (Lipinski definition) is 6. The summed E-state index contributed by atoms with van der Waals surface area (Å²) in [7, 11) is 0. The number of nitrogens with one attached hydrogen (secondary N) is 1. The molecule has 0 fully saturated rings. The van der Waals surface area contributed by atoms with Gasteiger partial charge in [0.15, 0.2) is 0 Å². The van der Waals surface area contributed by atoms with E-state index in [-0.39, 0.29) is 0 Å². The van der Waals surface area contributed by atoms with E-state index in [9.17, 15) is 9.59 Å². The number of benzene rings is 4. The molecule has 0 spiro atoms. The Morgan fingerprint density at radius 1 is 0.737 bits per heavy atom. The van der Waals surface area contributed by atoms with E-state index in [2.05, 4.69) is 10.5 Å². The summed E-state index contributed by atoms with van der Waals surface area (Å²) in [6.07, 6.45) is 0.0866. The summed E-state index contributed by atoms with van der Waals surface area (Å²) in [5.41, 5.74) is 4.58. The Bertz CT molecular complexity index is 1360. The fourth-order valence-electron chi connectivity index (χ4n) is 3.11. The number of hydrogen-bond donors (Lipinski definition) is 1. The van der Waals surface area contributed by atoms with Gasteiger partial charge in [-0.2, -0.15) is 5.10 Å². The van der Waals surface area contributed by atoms with Crippen LogP contribution in [-0.4, -0.2) is 24.4 Å². The lowest BCUT2D eigenvalue weighted by Gasteiger charge is -2.19. The Kier molecular flexibility index (Phi) is 8.98. The van der Waals surface area contributed by atoms with Crippen LogP contribution in [0.2, 0.25) is 10.0 Å².